The van der Waals surface area contributed by atoms with E-state index in [1.807, 2.05) is 0 Å². The lowest BCUT2D eigenvalue weighted by molar-refractivity contribution is 0.281. The smallest absolute Gasteiger partial charge is 0.220 e. The molecule has 1 aromatic carbocycles. The Hall–Kier alpha value is -1.58. The van der Waals surface area contributed by atoms with Gasteiger partial charge >= 0.3 is 0 Å². The minimum atomic E-state index is 0.0235. The summed E-state index contributed by atoms with van der Waals surface area (Å²) in [7, 11) is 0. The molecule has 0 saturated carbocycles. The zero-order valence-corrected chi connectivity index (χ0v) is 9.19. The lowest BCUT2D eigenvalue weighted by Crippen LogP contribution is -1.88. The van der Waals surface area contributed by atoms with E-state index in [0.717, 1.165) is 5.56 Å². The van der Waals surface area contributed by atoms with E-state index in [2.05, 4.69) is 4.98 Å². The molecule has 1 heterocycles. The van der Waals surface area contributed by atoms with E-state index in [1.165, 1.54) is 0 Å². The molecule has 0 aliphatic rings. The first-order valence-corrected chi connectivity index (χ1v) is 5.16. The van der Waals surface area contributed by atoms with Crippen molar-refractivity contribution in [3.05, 3.63) is 53.2 Å². The van der Waals surface area contributed by atoms with Crippen LogP contribution in [0.4, 0.5) is 0 Å². The standard InChI is InChI=1S/C12H10ClNO2/c13-11-2-1-3-12(14-11)16-10-6-4-9(8-15)5-7-10/h1-7,15H,8H2. The fraction of sp³-hybridized carbons (Fsp3) is 0.0833. The summed E-state index contributed by atoms with van der Waals surface area (Å²) in [6.45, 7) is 0.0235. The number of hydrogen-bond acceptors (Lipinski definition) is 3. The Bertz CT molecular complexity index is 471. The molecule has 0 bridgehead atoms. The second kappa shape index (κ2) is 4.96. The zero-order chi connectivity index (χ0) is 11.4. The molecule has 1 aromatic heterocycles. The molecule has 0 aliphatic heterocycles. The molecule has 82 valence electrons. The Balaban J connectivity index is 2.14. The predicted octanol–water partition coefficient (Wildman–Crippen LogP) is 3.02. The Morgan fingerprint density at radius 2 is 1.88 bits per heavy atom. The van der Waals surface area contributed by atoms with Crippen LogP contribution >= 0.6 is 11.6 Å². The summed E-state index contributed by atoms with van der Waals surface area (Å²) in [5, 5.41) is 9.28. The van der Waals surface area contributed by atoms with Crippen molar-refractivity contribution < 1.29 is 9.84 Å². The molecule has 0 unspecified atom stereocenters. The largest absolute Gasteiger partial charge is 0.439 e. The van der Waals surface area contributed by atoms with Gasteiger partial charge in [0.2, 0.25) is 5.88 Å². The Labute approximate surface area is 98.3 Å². The van der Waals surface area contributed by atoms with Gasteiger partial charge in [-0.25, -0.2) is 4.98 Å². The van der Waals surface area contributed by atoms with E-state index in [4.69, 9.17) is 21.4 Å². The van der Waals surface area contributed by atoms with E-state index in [-0.39, 0.29) is 6.61 Å². The second-order valence-corrected chi connectivity index (χ2v) is 3.59. The second-order valence-electron chi connectivity index (χ2n) is 3.20. The highest BCUT2D eigenvalue weighted by Gasteiger charge is 1.99. The van der Waals surface area contributed by atoms with Crippen LogP contribution < -0.4 is 4.74 Å². The normalized spacial score (nSPS) is 10.1. The van der Waals surface area contributed by atoms with Gasteiger partial charge in [-0.15, -0.1) is 0 Å². The van der Waals surface area contributed by atoms with Crippen LogP contribution in [0.2, 0.25) is 5.15 Å². The molecule has 0 amide bonds. The molecule has 3 nitrogen and oxygen atoms in total. The van der Waals surface area contributed by atoms with E-state index in [0.29, 0.717) is 16.8 Å². The minimum Gasteiger partial charge on any atom is -0.439 e. The average Bonchev–Trinajstić information content (AvgIpc) is 2.30. The first-order valence-electron chi connectivity index (χ1n) is 4.78. The number of benzene rings is 1. The Kier molecular flexibility index (Phi) is 3.39. The molecule has 0 aliphatic carbocycles. The van der Waals surface area contributed by atoms with Crippen LogP contribution in [0, 0.1) is 0 Å². The van der Waals surface area contributed by atoms with Crippen molar-refractivity contribution in [1.82, 2.24) is 4.98 Å². The molecule has 0 fully saturated rings. The molecule has 0 spiro atoms. The zero-order valence-electron chi connectivity index (χ0n) is 8.43. The summed E-state index contributed by atoms with van der Waals surface area (Å²) in [4.78, 5) is 4.00. The predicted molar refractivity (Wildman–Crippen MR) is 61.7 cm³/mol. The van der Waals surface area contributed by atoms with Gasteiger partial charge < -0.3 is 9.84 Å². The number of ether oxygens (including phenoxy) is 1. The summed E-state index contributed by atoms with van der Waals surface area (Å²) in [5.74, 6) is 1.11. The lowest BCUT2D eigenvalue weighted by atomic mass is 10.2. The molecule has 2 aromatic rings. The van der Waals surface area contributed by atoms with Crippen molar-refractivity contribution in [2.45, 2.75) is 6.61 Å². The van der Waals surface area contributed by atoms with Gasteiger partial charge in [-0.2, -0.15) is 0 Å². The number of nitrogens with zero attached hydrogens (tertiary/aromatic N) is 1. The highest BCUT2D eigenvalue weighted by molar-refractivity contribution is 6.29. The van der Waals surface area contributed by atoms with Crippen molar-refractivity contribution in [3.8, 4) is 11.6 Å². The maximum absolute atomic E-state index is 8.88. The quantitative estimate of drug-likeness (QED) is 0.832. The molecule has 16 heavy (non-hydrogen) atoms. The van der Waals surface area contributed by atoms with Crippen molar-refractivity contribution in [1.29, 1.82) is 0 Å². The van der Waals surface area contributed by atoms with Crippen LogP contribution in [-0.2, 0) is 6.61 Å². The van der Waals surface area contributed by atoms with Gasteiger partial charge in [0.05, 0.1) is 6.61 Å². The number of aliphatic hydroxyl groups is 1. The third kappa shape index (κ3) is 2.72. The van der Waals surface area contributed by atoms with Crippen molar-refractivity contribution >= 4 is 11.6 Å². The molecular weight excluding hydrogens is 226 g/mol. The van der Waals surface area contributed by atoms with Gasteiger partial charge in [-0.05, 0) is 23.8 Å². The number of hydrogen-bond donors (Lipinski definition) is 1. The average molecular weight is 236 g/mol. The van der Waals surface area contributed by atoms with Crippen LogP contribution in [0.25, 0.3) is 0 Å². The molecule has 2 rings (SSSR count). The first kappa shape index (κ1) is 10.9. The van der Waals surface area contributed by atoms with Crippen LogP contribution in [0.1, 0.15) is 5.56 Å². The maximum Gasteiger partial charge on any atom is 0.220 e. The van der Waals surface area contributed by atoms with E-state index in [1.54, 1.807) is 42.5 Å². The first-order chi connectivity index (χ1) is 7.78. The summed E-state index contributed by atoms with van der Waals surface area (Å²) < 4.78 is 5.48. The molecule has 0 atom stereocenters. The summed E-state index contributed by atoms with van der Waals surface area (Å²) in [5.41, 5.74) is 0.839. The lowest BCUT2D eigenvalue weighted by Gasteiger charge is -2.05. The van der Waals surface area contributed by atoms with Gasteiger partial charge in [0.15, 0.2) is 0 Å². The number of rotatable bonds is 3. The van der Waals surface area contributed by atoms with E-state index >= 15 is 0 Å². The number of aliphatic hydroxyl groups excluding tert-OH is 1. The van der Waals surface area contributed by atoms with Gasteiger partial charge in [0, 0.05) is 6.07 Å². The fourth-order valence-electron chi connectivity index (χ4n) is 1.23. The highest BCUT2D eigenvalue weighted by atomic mass is 35.5. The summed E-state index contributed by atoms with van der Waals surface area (Å²) in [6.07, 6.45) is 0. The number of aromatic nitrogens is 1. The highest BCUT2D eigenvalue weighted by Crippen LogP contribution is 2.21. The van der Waals surface area contributed by atoms with Crippen molar-refractivity contribution in [2.24, 2.45) is 0 Å². The number of pyridine rings is 1. The SMILES string of the molecule is OCc1ccc(Oc2cccc(Cl)n2)cc1. The van der Waals surface area contributed by atoms with Gasteiger partial charge in [0.25, 0.3) is 0 Å². The molecule has 4 heteroatoms. The number of halogens is 1. The fourth-order valence-corrected chi connectivity index (χ4v) is 1.39. The molecule has 0 radical (unpaired) electrons. The van der Waals surface area contributed by atoms with Gasteiger partial charge in [-0.1, -0.05) is 29.8 Å². The van der Waals surface area contributed by atoms with Crippen molar-refractivity contribution in [2.75, 3.05) is 0 Å². The maximum atomic E-state index is 8.88. The third-order valence-corrected chi connectivity index (χ3v) is 2.23. The van der Waals surface area contributed by atoms with E-state index < -0.39 is 0 Å². The third-order valence-electron chi connectivity index (χ3n) is 2.02. The Morgan fingerprint density at radius 1 is 1.12 bits per heavy atom. The Morgan fingerprint density at radius 3 is 2.50 bits per heavy atom. The van der Waals surface area contributed by atoms with Crippen LogP contribution in [0.5, 0.6) is 11.6 Å². The van der Waals surface area contributed by atoms with E-state index in [9.17, 15) is 0 Å². The van der Waals surface area contributed by atoms with Gasteiger partial charge in [0.1, 0.15) is 10.9 Å². The van der Waals surface area contributed by atoms with Crippen LogP contribution in [0.15, 0.2) is 42.5 Å². The molecule has 1 N–H and O–H groups in total. The van der Waals surface area contributed by atoms with Crippen LogP contribution in [-0.4, -0.2) is 10.1 Å². The summed E-state index contributed by atoms with van der Waals surface area (Å²) in [6, 6.07) is 12.3. The van der Waals surface area contributed by atoms with Crippen LogP contribution in [0.3, 0.4) is 0 Å². The topological polar surface area (TPSA) is 42.4 Å². The summed E-state index contributed by atoms with van der Waals surface area (Å²) >= 11 is 5.73. The monoisotopic (exact) mass is 235 g/mol. The molecular formula is C12H10ClNO2. The van der Waals surface area contributed by atoms with Crippen molar-refractivity contribution in [3.63, 3.8) is 0 Å². The molecule has 0 saturated heterocycles. The minimum absolute atomic E-state index is 0.0235. The van der Waals surface area contributed by atoms with Gasteiger partial charge in [-0.3, -0.25) is 0 Å².